The highest BCUT2D eigenvalue weighted by Gasteiger charge is 2.31. The van der Waals surface area contributed by atoms with Crippen molar-refractivity contribution in [2.45, 2.75) is 25.3 Å². The maximum absolute atomic E-state index is 13.1. The van der Waals surface area contributed by atoms with Gasteiger partial charge in [-0.15, -0.1) is 11.3 Å². The van der Waals surface area contributed by atoms with Crippen LogP contribution in [0.3, 0.4) is 0 Å². The molecule has 5 nitrogen and oxygen atoms in total. The molecule has 1 amide bonds. The van der Waals surface area contributed by atoms with Gasteiger partial charge in [0, 0.05) is 6.54 Å². The topological polar surface area (TPSA) is 64.8 Å². The highest BCUT2D eigenvalue weighted by molar-refractivity contribution is 7.17. The van der Waals surface area contributed by atoms with Crippen LogP contribution in [0.15, 0.2) is 41.8 Å². The first-order valence-corrected chi connectivity index (χ1v) is 9.49. The van der Waals surface area contributed by atoms with Gasteiger partial charge in [0.25, 0.3) is 5.91 Å². The van der Waals surface area contributed by atoms with Crippen molar-refractivity contribution in [1.82, 2.24) is 19.9 Å². The van der Waals surface area contributed by atoms with Gasteiger partial charge in [-0.25, -0.2) is 4.98 Å². The molecule has 4 aromatic rings. The summed E-state index contributed by atoms with van der Waals surface area (Å²) in [4.78, 5) is 26.5. The number of benzene rings is 1. The summed E-state index contributed by atoms with van der Waals surface area (Å²) in [6.45, 7) is 0.771. The molecule has 4 heterocycles. The van der Waals surface area contributed by atoms with Gasteiger partial charge in [0.1, 0.15) is 11.5 Å². The van der Waals surface area contributed by atoms with Crippen LogP contribution < -0.4 is 0 Å². The molecular weight excluding hydrogens is 332 g/mol. The number of aromatic nitrogens is 3. The number of nitrogens with zero attached hydrogens (tertiary/aromatic N) is 2. The van der Waals surface area contributed by atoms with Crippen molar-refractivity contribution in [1.29, 1.82) is 0 Å². The molecule has 3 aromatic heterocycles. The van der Waals surface area contributed by atoms with E-state index in [1.54, 1.807) is 11.3 Å². The number of likely N-dealkylation sites (tertiary alicyclic amines) is 1. The molecule has 1 fully saturated rings. The zero-order valence-corrected chi connectivity index (χ0v) is 14.5. The molecule has 6 heteroatoms. The summed E-state index contributed by atoms with van der Waals surface area (Å²) in [5.41, 5.74) is 3.68. The molecule has 1 atom stereocenters. The second-order valence-electron chi connectivity index (χ2n) is 6.53. The summed E-state index contributed by atoms with van der Waals surface area (Å²) in [6.07, 6.45) is 3.10. The summed E-state index contributed by atoms with van der Waals surface area (Å²) < 4.78 is 1.13. The smallest absolute Gasteiger partial charge is 0.270 e. The quantitative estimate of drug-likeness (QED) is 0.560. The number of hydrogen-bond acceptors (Lipinski definition) is 3. The van der Waals surface area contributed by atoms with E-state index >= 15 is 0 Å². The van der Waals surface area contributed by atoms with Crippen molar-refractivity contribution in [3.05, 3.63) is 53.3 Å². The zero-order chi connectivity index (χ0) is 16.8. The number of hydrogen-bond donors (Lipinski definition) is 2. The van der Waals surface area contributed by atoms with Gasteiger partial charge in [-0.3, -0.25) is 4.79 Å². The van der Waals surface area contributed by atoms with Crippen LogP contribution in [-0.4, -0.2) is 32.3 Å². The minimum atomic E-state index is 0.00925. The number of piperidine rings is 1. The van der Waals surface area contributed by atoms with E-state index in [2.05, 4.69) is 9.97 Å². The van der Waals surface area contributed by atoms with Crippen molar-refractivity contribution >= 4 is 38.5 Å². The van der Waals surface area contributed by atoms with Crippen LogP contribution in [0.1, 0.15) is 41.6 Å². The molecule has 1 aromatic carbocycles. The van der Waals surface area contributed by atoms with Gasteiger partial charge in [-0.2, -0.15) is 0 Å². The molecule has 1 saturated heterocycles. The average Bonchev–Trinajstić information content (AvgIpc) is 3.34. The van der Waals surface area contributed by atoms with E-state index in [1.165, 1.54) is 0 Å². The molecule has 25 heavy (non-hydrogen) atoms. The molecular formula is C19H18N4OS. The highest BCUT2D eigenvalue weighted by Crippen LogP contribution is 2.32. The number of thiophene rings is 1. The third kappa shape index (κ3) is 2.44. The Kier molecular flexibility index (Phi) is 3.38. The number of carbonyl (C=O) groups excluding carboxylic acids is 1. The lowest BCUT2D eigenvalue weighted by molar-refractivity contribution is 0.0596. The Bertz CT molecular complexity index is 998. The van der Waals surface area contributed by atoms with Crippen LogP contribution >= 0.6 is 11.3 Å². The molecule has 1 aliphatic rings. The Labute approximate surface area is 148 Å². The Balaban J connectivity index is 1.51. The summed E-state index contributed by atoms with van der Waals surface area (Å²) >= 11 is 1.65. The van der Waals surface area contributed by atoms with Gasteiger partial charge in [0.05, 0.1) is 27.3 Å². The number of rotatable bonds is 2. The van der Waals surface area contributed by atoms with Crippen molar-refractivity contribution in [2.24, 2.45) is 0 Å². The number of amides is 1. The van der Waals surface area contributed by atoms with E-state index in [1.807, 2.05) is 46.7 Å². The first kappa shape index (κ1) is 14.7. The fraction of sp³-hybridized carbons (Fsp3) is 0.263. The van der Waals surface area contributed by atoms with E-state index in [-0.39, 0.29) is 11.9 Å². The molecule has 5 rings (SSSR count). The van der Waals surface area contributed by atoms with Gasteiger partial charge in [-0.05, 0) is 48.9 Å². The maximum atomic E-state index is 13.1. The lowest BCUT2D eigenvalue weighted by atomic mass is 10.0. The molecule has 0 unspecified atom stereocenters. The normalized spacial score (nSPS) is 18.2. The number of H-pyrrole nitrogens is 2. The summed E-state index contributed by atoms with van der Waals surface area (Å²) in [5.74, 6) is 0.955. The van der Waals surface area contributed by atoms with Gasteiger partial charge >= 0.3 is 0 Å². The number of nitrogens with one attached hydrogen (secondary N) is 2. The minimum Gasteiger partial charge on any atom is -0.350 e. The number of imidazole rings is 1. The SMILES string of the molecule is O=C(c1cc2sccc2[nH]1)N1CCCC[C@@H]1c1nc2ccccc2[nH]1. The van der Waals surface area contributed by atoms with Gasteiger partial charge in [0.15, 0.2) is 0 Å². The minimum absolute atomic E-state index is 0.00925. The molecule has 1 aliphatic heterocycles. The summed E-state index contributed by atoms with van der Waals surface area (Å²) in [5, 5.41) is 2.04. The second-order valence-corrected chi connectivity index (χ2v) is 7.48. The van der Waals surface area contributed by atoms with Crippen LogP contribution in [0.5, 0.6) is 0 Å². The predicted octanol–water partition coefficient (Wildman–Crippen LogP) is 4.47. The lowest BCUT2D eigenvalue weighted by Crippen LogP contribution is -2.39. The first-order chi connectivity index (χ1) is 12.3. The van der Waals surface area contributed by atoms with Crippen molar-refractivity contribution in [3.63, 3.8) is 0 Å². The van der Waals surface area contributed by atoms with E-state index < -0.39 is 0 Å². The van der Waals surface area contributed by atoms with Crippen LogP contribution in [0.4, 0.5) is 0 Å². The largest absolute Gasteiger partial charge is 0.350 e. The monoisotopic (exact) mass is 350 g/mol. The van der Waals surface area contributed by atoms with E-state index in [0.717, 1.165) is 52.9 Å². The third-order valence-electron chi connectivity index (χ3n) is 4.96. The fourth-order valence-corrected chi connectivity index (χ4v) is 4.49. The van der Waals surface area contributed by atoms with Crippen molar-refractivity contribution < 1.29 is 4.79 Å². The Morgan fingerprint density at radius 3 is 2.96 bits per heavy atom. The zero-order valence-electron chi connectivity index (χ0n) is 13.7. The molecule has 0 aliphatic carbocycles. The van der Waals surface area contributed by atoms with E-state index in [0.29, 0.717) is 5.69 Å². The van der Waals surface area contributed by atoms with Gasteiger partial charge in [0.2, 0.25) is 0 Å². The maximum Gasteiger partial charge on any atom is 0.270 e. The molecule has 0 bridgehead atoms. The number of para-hydroxylation sites is 2. The number of aromatic amines is 2. The average molecular weight is 350 g/mol. The van der Waals surface area contributed by atoms with Crippen molar-refractivity contribution in [2.75, 3.05) is 6.54 Å². The summed E-state index contributed by atoms with van der Waals surface area (Å²) in [7, 11) is 0. The van der Waals surface area contributed by atoms with Crippen LogP contribution in [0, 0.1) is 0 Å². The third-order valence-corrected chi connectivity index (χ3v) is 5.82. The molecule has 0 spiro atoms. The summed E-state index contributed by atoms with van der Waals surface area (Å²) in [6, 6.07) is 12.0. The molecule has 0 saturated carbocycles. The van der Waals surface area contributed by atoms with Crippen molar-refractivity contribution in [3.8, 4) is 0 Å². The lowest BCUT2D eigenvalue weighted by Gasteiger charge is -2.34. The molecule has 0 radical (unpaired) electrons. The molecule has 126 valence electrons. The fourth-order valence-electron chi connectivity index (χ4n) is 3.71. The van der Waals surface area contributed by atoms with Crippen LogP contribution in [0.25, 0.3) is 21.3 Å². The van der Waals surface area contributed by atoms with E-state index in [9.17, 15) is 4.79 Å². The van der Waals surface area contributed by atoms with Crippen LogP contribution in [-0.2, 0) is 0 Å². The Morgan fingerprint density at radius 2 is 2.08 bits per heavy atom. The van der Waals surface area contributed by atoms with Gasteiger partial charge in [-0.1, -0.05) is 12.1 Å². The second kappa shape index (κ2) is 5.74. The predicted molar refractivity (Wildman–Crippen MR) is 99.9 cm³/mol. The molecule has 2 N–H and O–H groups in total. The Morgan fingerprint density at radius 1 is 1.16 bits per heavy atom. The number of carbonyl (C=O) groups is 1. The Hall–Kier alpha value is -2.60. The highest BCUT2D eigenvalue weighted by atomic mass is 32.1. The number of fused-ring (bicyclic) bond motifs is 2. The van der Waals surface area contributed by atoms with E-state index in [4.69, 9.17) is 4.98 Å². The standard InChI is InChI=1S/C19H18N4OS/c24-19(15-11-17-14(20-15)8-10-25-17)23-9-4-3-7-16(23)18-21-12-5-1-2-6-13(12)22-18/h1-2,5-6,8,10-11,16,20H,3-4,7,9H2,(H,21,22)/t16-/m1/s1. The van der Waals surface area contributed by atoms with Gasteiger partial charge < -0.3 is 14.9 Å². The van der Waals surface area contributed by atoms with Crippen LogP contribution in [0.2, 0.25) is 0 Å². The first-order valence-electron chi connectivity index (χ1n) is 8.61.